The van der Waals surface area contributed by atoms with E-state index in [-0.39, 0.29) is 30.6 Å². The molecule has 26 heavy (non-hydrogen) atoms. The summed E-state index contributed by atoms with van der Waals surface area (Å²) >= 11 is 3.23. The molecule has 0 saturated heterocycles. The lowest BCUT2D eigenvalue weighted by Crippen LogP contribution is -2.29. The number of hydrogen-bond donors (Lipinski definition) is 0. The summed E-state index contributed by atoms with van der Waals surface area (Å²) in [5.74, 6) is 0.0101. The minimum absolute atomic E-state index is 0.0327. The van der Waals surface area contributed by atoms with E-state index in [9.17, 15) is 9.59 Å². The second-order valence-corrected chi connectivity index (χ2v) is 8.97. The van der Waals surface area contributed by atoms with Gasteiger partial charge in [0.2, 0.25) is 5.91 Å². The van der Waals surface area contributed by atoms with Crippen molar-refractivity contribution in [1.82, 2.24) is 9.88 Å². The molecule has 136 valence electrons. The number of aryl methyl sites for hydroxylation is 2. The van der Waals surface area contributed by atoms with E-state index in [0.29, 0.717) is 0 Å². The van der Waals surface area contributed by atoms with Gasteiger partial charge in [0.05, 0.1) is 16.3 Å². The number of hydrogen-bond acceptors (Lipinski definition) is 5. The molecule has 0 aliphatic heterocycles. The van der Waals surface area contributed by atoms with Gasteiger partial charge >= 0.3 is 0 Å². The fourth-order valence-corrected chi connectivity index (χ4v) is 4.89. The van der Waals surface area contributed by atoms with Crippen LogP contribution in [0.1, 0.15) is 50.9 Å². The first kappa shape index (κ1) is 18.7. The first-order valence-corrected chi connectivity index (χ1v) is 10.2. The number of carbonyl (C=O) groups excluding carboxylic acids is 2. The van der Waals surface area contributed by atoms with Crippen molar-refractivity contribution in [1.29, 1.82) is 0 Å². The number of fused-ring (bicyclic) bond motifs is 1. The molecule has 1 amide bonds. The molecule has 4 nitrogen and oxygen atoms in total. The van der Waals surface area contributed by atoms with Crippen molar-refractivity contribution < 1.29 is 9.59 Å². The third kappa shape index (κ3) is 3.86. The summed E-state index contributed by atoms with van der Waals surface area (Å²) in [4.78, 5) is 33.4. The van der Waals surface area contributed by atoms with E-state index >= 15 is 0 Å². The molecule has 0 spiro atoms. The first-order valence-electron chi connectivity index (χ1n) is 8.58. The molecule has 2 aromatic heterocycles. The molecular weight excluding hydrogens is 364 g/mol. The summed E-state index contributed by atoms with van der Waals surface area (Å²) in [7, 11) is 1.78. The van der Waals surface area contributed by atoms with Gasteiger partial charge in [-0.1, -0.05) is 12.1 Å². The maximum atomic E-state index is 12.6. The molecule has 0 bridgehead atoms. The molecule has 0 unspecified atom stereocenters. The molecule has 0 fully saturated rings. The van der Waals surface area contributed by atoms with Crippen molar-refractivity contribution in [3.05, 3.63) is 50.7 Å². The van der Waals surface area contributed by atoms with Crippen LogP contribution in [0.2, 0.25) is 0 Å². The Morgan fingerprint density at radius 1 is 1.15 bits per heavy atom. The van der Waals surface area contributed by atoms with Gasteiger partial charge in [0, 0.05) is 35.2 Å². The lowest BCUT2D eigenvalue weighted by Gasteiger charge is -2.23. The van der Waals surface area contributed by atoms with Crippen LogP contribution in [-0.4, -0.2) is 28.6 Å². The van der Waals surface area contributed by atoms with Crippen molar-refractivity contribution in [2.24, 2.45) is 0 Å². The van der Waals surface area contributed by atoms with Gasteiger partial charge in [0.1, 0.15) is 5.01 Å². The van der Waals surface area contributed by atoms with Crippen LogP contribution in [0.3, 0.4) is 0 Å². The van der Waals surface area contributed by atoms with Gasteiger partial charge in [-0.15, -0.1) is 22.7 Å². The molecule has 0 N–H and O–H groups in total. The largest absolute Gasteiger partial charge is 0.337 e. The topological polar surface area (TPSA) is 50.3 Å². The average Bonchev–Trinajstić information content (AvgIpc) is 3.20. The Kier molecular flexibility index (Phi) is 5.53. The summed E-state index contributed by atoms with van der Waals surface area (Å²) in [5, 5.41) is 0.915. The Hall–Kier alpha value is -2.05. The fraction of sp³-hybridized carbons (Fsp3) is 0.350. The highest BCUT2D eigenvalue weighted by atomic mass is 32.1. The molecule has 2 heterocycles. The number of benzene rings is 1. The molecule has 6 heteroatoms. The summed E-state index contributed by atoms with van der Waals surface area (Å²) in [6, 6.07) is 9.78. The minimum Gasteiger partial charge on any atom is -0.337 e. The first-order chi connectivity index (χ1) is 12.4. The Morgan fingerprint density at radius 2 is 1.88 bits per heavy atom. The molecule has 0 radical (unpaired) electrons. The molecule has 0 aliphatic rings. The maximum absolute atomic E-state index is 12.6. The third-order valence-electron chi connectivity index (χ3n) is 4.55. The highest BCUT2D eigenvalue weighted by Crippen LogP contribution is 2.29. The van der Waals surface area contributed by atoms with Crippen LogP contribution in [0.4, 0.5) is 0 Å². The molecular formula is C20H22N2O2S2. The van der Waals surface area contributed by atoms with Crippen LogP contribution < -0.4 is 0 Å². The van der Waals surface area contributed by atoms with Crippen LogP contribution in [0.25, 0.3) is 10.2 Å². The zero-order valence-electron chi connectivity index (χ0n) is 15.4. The fourth-order valence-electron chi connectivity index (χ4n) is 2.89. The van der Waals surface area contributed by atoms with Gasteiger partial charge in [-0.2, -0.15) is 0 Å². The highest BCUT2D eigenvalue weighted by Gasteiger charge is 2.22. The number of amides is 1. The highest BCUT2D eigenvalue weighted by molar-refractivity contribution is 7.18. The molecule has 3 aromatic rings. The van der Waals surface area contributed by atoms with Crippen LogP contribution in [0.15, 0.2) is 30.3 Å². The van der Waals surface area contributed by atoms with Gasteiger partial charge < -0.3 is 4.90 Å². The molecule has 3 rings (SSSR count). The van der Waals surface area contributed by atoms with E-state index in [0.717, 1.165) is 30.5 Å². The van der Waals surface area contributed by atoms with Gasteiger partial charge in [0.15, 0.2) is 5.78 Å². The van der Waals surface area contributed by atoms with E-state index in [1.165, 1.54) is 0 Å². The lowest BCUT2D eigenvalue weighted by atomic mass is 10.1. The summed E-state index contributed by atoms with van der Waals surface area (Å²) in [6.07, 6.45) is 0.464. The number of ketones is 1. The number of rotatable bonds is 6. The second-order valence-electron chi connectivity index (χ2n) is 6.45. The summed E-state index contributed by atoms with van der Waals surface area (Å²) in [5.41, 5.74) is 1.71. The van der Waals surface area contributed by atoms with E-state index in [4.69, 9.17) is 0 Å². The number of thiophene rings is 1. The monoisotopic (exact) mass is 386 g/mol. The van der Waals surface area contributed by atoms with Crippen molar-refractivity contribution in [2.75, 3.05) is 7.05 Å². The van der Waals surface area contributed by atoms with Gasteiger partial charge in [-0.05, 0) is 39.0 Å². The smallest absolute Gasteiger partial charge is 0.223 e. The predicted octanol–water partition coefficient (Wildman–Crippen LogP) is 5.16. The quantitative estimate of drug-likeness (QED) is 0.550. The van der Waals surface area contributed by atoms with Crippen LogP contribution in [0.5, 0.6) is 0 Å². The number of thiazole rings is 1. The normalized spacial score (nSPS) is 12.3. The zero-order chi connectivity index (χ0) is 18.8. The van der Waals surface area contributed by atoms with Crippen LogP contribution in [0, 0.1) is 13.8 Å². The van der Waals surface area contributed by atoms with Crippen molar-refractivity contribution in [3.63, 3.8) is 0 Å². The third-order valence-corrected chi connectivity index (χ3v) is 6.72. The zero-order valence-corrected chi connectivity index (χ0v) is 17.0. The molecule has 1 atom stereocenters. The summed E-state index contributed by atoms with van der Waals surface area (Å²) in [6.45, 7) is 5.92. The van der Waals surface area contributed by atoms with Crippen molar-refractivity contribution in [3.8, 4) is 0 Å². The standard InChI is InChI=1S/C20H22N2O2S2/c1-12-11-15(14(3)25-12)17(23)9-10-19(24)22(4)13(2)20-21-16-7-5-6-8-18(16)26-20/h5-8,11,13H,9-10H2,1-4H3/t13-/m0/s1. The SMILES string of the molecule is Cc1cc(C(=O)CCC(=O)N(C)[C@@H](C)c2nc3ccccc3s2)c(C)s1. The predicted molar refractivity (Wildman–Crippen MR) is 108 cm³/mol. The minimum atomic E-state index is -0.111. The number of carbonyl (C=O) groups is 2. The van der Waals surface area contributed by atoms with Crippen molar-refractivity contribution >= 4 is 44.6 Å². The van der Waals surface area contributed by atoms with Gasteiger partial charge in [-0.3, -0.25) is 9.59 Å². The van der Waals surface area contributed by atoms with Gasteiger partial charge in [-0.25, -0.2) is 4.98 Å². The average molecular weight is 387 g/mol. The molecule has 0 aliphatic carbocycles. The number of Topliss-reactive ketones (excluding diaryl/α,β-unsaturated/α-hetero) is 1. The number of nitrogens with zero attached hydrogens (tertiary/aromatic N) is 2. The van der Waals surface area contributed by atoms with E-state index < -0.39 is 0 Å². The van der Waals surface area contributed by atoms with E-state index in [2.05, 4.69) is 4.98 Å². The van der Waals surface area contributed by atoms with Gasteiger partial charge in [0.25, 0.3) is 0 Å². The number of para-hydroxylation sites is 1. The summed E-state index contributed by atoms with van der Waals surface area (Å²) < 4.78 is 1.12. The maximum Gasteiger partial charge on any atom is 0.223 e. The Morgan fingerprint density at radius 3 is 2.54 bits per heavy atom. The Bertz CT molecular complexity index is 925. The number of aromatic nitrogens is 1. The van der Waals surface area contributed by atoms with E-state index in [1.807, 2.05) is 51.1 Å². The van der Waals surface area contributed by atoms with Crippen LogP contribution in [-0.2, 0) is 4.79 Å². The second kappa shape index (κ2) is 7.68. The molecule has 1 aromatic carbocycles. The van der Waals surface area contributed by atoms with Crippen LogP contribution >= 0.6 is 22.7 Å². The Balaban J connectivity index is 1.63. The molecule has 0 saturated carbocycles. The van der Waals surface area contributed by atoms with Crippen molar-refractivity contribution in [2.45, 2.75) is 39.7 Å². The lowest BCUT2D eigenvalue weighted by molar-refractivity contribution is -0.131. The van der Waals surface area contributed by atoms with E-state index in [1.54, 1.807) is 34.6 Å². The Labute approximate surface area is 161 Å².